The summed E-state index contributed by atoms with van der Waals surface area (Å²) in [6.45, 7) is 6.14. The van der Waals surface area contributed by atoms with Crippen LogP contribution < -0.4 is 11.1 Å². The largest absolute Gasteiger partial charge is 0.399 e. The average molecular weight is 290 g/mol. The van der Waals surface area contributed by atoms with Gasteiger partial charge in [0.25, 0.3) is 5.91 Å². The zero-order valence-electron chi connectivity index (χ0n) is 11.8. The quantitative estimate of drug-likeness (QED) is 0.848. The Kier molecular flexibility index (Phi) is 4.34. The highest BCUT2D eigenvalue weighted by Crippen LogP contribution is 2.19. The van der Waals surface area contributed by atoms with Crippen molar-refractivity contribution < 1.29 is 4.79 Å². The van der Waals surface area contributed by atoms with Gasteiger partial charge in [0.05, 0.1) is 0 Å². The van der Waals surface area contributed by atoms with Gasteiger partial charge in [-0.15, -0.1) is 10.2 Å². The molecule has 0 saturated heterocycles. The minimum absolute atomic E-state index is 0.215. The summed E-state index contributed by atoms with van der Waals surface area (Å²) in [4.78, 5) is 12.1. The molecular formula is C14H18N4OS. The first-order valence-electron chi connectivity index (χ1n) is 6.45. The van der Waals surface area contributed by atoms with Crippen LogP contribution >= 0.6 is 11.3 Å². The second-order valence-corrected chi connectivity index (χ2v) is 6.25. The van der Waals surface area contributed by atoms with Gasteiger partial charge in [-0.2, -0.15) is 0 Å². The van der Waals surface area contributed by atoms with Gasteiger partial charge in [0.1, 0.15) is 5.01 Å². The molecule has 1 aromatic carbocycles. The van der Waals surface area contributed by atoms with Gasteiger partial charge in [-0.25, -0.2) is 0 Å². The SMILES string of the molecule is Cc1cc(N)cc(C(=O)Nc2nnc(CC(C)C)s2)c1. The van der Waals surface area contributed by atoms with Crippen molar-refractivity contribution in [2.75, 3.05) is 11.1 Å². The van der Waals surface area contributed by atoms with Gasteiger partial charge in [0.15, 0.2) is 0 Å². The van der Waals surface area contributed by atoms with Crippen LogP contribution in [0.5, 0.6) is 0 Å². The fourth-order valence-electron chi connectivity index (χ4n) is 1.85. The van der Waals surface area contributed by atoms with E-state index in [1.807, 2.05) is 13.0 Å². The Balaban J connectivity index is 2.09. The summed E-state index contributed by atoms with van der Waals surface area (Å²) in [6, 6.07) is 5.27. The standard InChI is InChI=1S/C14H18N4OS/c1-8(2)4-12-17-18-14(20-12)16-13(19)10-5-9(3)6-11(15)7-10/h5-8H,4,15H2,1-3H3,(H,16,18,19). The van der Waals surface area contributed by atoms with Crippen molar-refractivity contribution in [3.05, 3.63) is 34.3 Å². The predicted octanol–water partition coefficient (Wildman–Crippen LogP) is 2.88. The molecule has 0 atom stereocenters. The maximum Gasteiger partial charge on any atom is 0.257 e. The maximum absolute atomic E-state index is 12.1. The molecule has 1 aromatic heterocycles. The number of hydrogen-bond acceptors (Lipinski definition) is 5. The molecule has 1 heterocycles. The number of aryl methyl sites for hydroxylation is 1. The maximum atomic E-state index is 12.1. The first kappa shape index (κ1) is 14.5. The lowest BCUT2D eigenvalue weighted by Gasteiger charge is -2.04. The second kappa shape index (κ2) is 6.00. The van der Waals surface area contributed by atoms with Crippen LogP contribution in [0, 0.1) is 12.8 Å². The Bertz CT molecular complexity index is 601. The molecule has 5 nitrogen and oxygen atoms in total. The molecule has 3 N–H and O–H groups in total. The molecule has 0 saturated carbocycles. The number of benzene rings is 1. The Labute approximate surface area is 122 Å². The summed E-state index contributed by atoms with van der Waals surface area (Å²) >= 11 is 1.41. The molecule has 106 valence electrons. The van der Waals surface area contributed by atoms with Crippen LogP contribution in [0.25, 0.3) is 0 Å². The third-order valence-corrected chi connectivity index (χ3v) is 3.49. The highest BCUT2D eigenvalue weighted by atomic mass is 32.1. The molecule has 1 amide bonds. The molecule has 2 rings (SSSR count). The normalized spacial score (nSPS) is 10.8. The van der Waals surface area contributed by atoms with Crippen molar-refractivity contribution in [3.8, 4) is 0 Å². The lowest BCUT2D eigenvalue weighted by atomic mass is 10.1. The van der Waals surface area contributed by atoms with Crippen molar-refractivity contribution in [3.63, 3.8) is 0 Å². The number of nitrogen functional groups attached to an aromatic ring is 1. The van der Waals surface area contributed by atoms with Crippen LogP contribution in [-0.4, -0.2) is 16.1 Å². The van der Waals surface area contributed by atoms with E-state index in [0.29, 0.717) is 22.3 Å². The molecule has 0 bridgehead atoms. The average Bonchev–Trinajstić information content (AvgIpc) is 2.74. The molecular weight excluding hydrogens is 272 g/mol. The summed E-state index contributed by atoms with van der Waals surface area (Å²) in [5.74, 6) is 0.302. The zero-order valence-corrected chi connectivity index (χ0v) is 12.6. The van der Waals surface area contributed by atoms with E-state index in [0.717, 1.165) is 17.0 Å². The minimum Gasteiger partial charge on any atom is -0.399 e. The summed E-state index contributed by atoms with van der Waals surface area (Å²) in [7, 11) is 0. The van der Waals surface area contributed by atoms with E-state index in [4.69, 9.17) is 5.73 Å². The number of rotatable bonds is 4. The molecule has 0 spiro atoms. The number of nitrogens with one attached hydrogen (secondary N) is 1. The van der Waals surface area contributed by atoms with Gasteiger partial charge in [-0.05, 0) is 36.6 Å². The Morgan fingerprint density at radius 3 is 2.75 bits per heavy atom. The molecule has 0 aliphatic rings. The van der Waals surface area contributed by atoms with Crippen LogP contribution in [0.4, 0.5) is 10.8 Å². The summed E-state index contributed by atoms with van der Waals surface area (Å²) in [6.07, 6.45) is 0.866. The lowest BCUT2D eigenvalue weighted by molar-refractivity contribution is 0.102. The van der Waals surface area contributed by atoms with E-state index >= 15 is 0 Å². The fourth-order valence-corrected chi connectivity index (χ4v) is 2.80. The highest BCUT2D eigenvalue weighted by Gasteiger charge is 2.11. The van der Waals surface area contributed by atoms with E-state index < -0.39 is 0 Å². The van der Waals surface area contributed by atoms with E-state index in [1.165, 1.54) is 11.3 Å². The first-order valence-corrected chi connectivity index (χ1v) is 7.26. The van der Waals surface area contributed by atoms with Crippen LogP contribution in [0.2, 0.25) is 0 Å². The second-order valence-electron chi connectivity index (χ2n) is 5.19. The van der Waals surface area contributed by atoms with Crippen LogP contribution in [0.15, 0.2) is 18.2 Å². The van der Waals surface area contributed by atoms with Crippen LogP contribution in [0.1, 0.15) is 34.8 Å². The van der Waals surface area contributed by atoms with Crippen molar-refractivity contribution >= 4 is 28.1 Å². The monoisotopic (exact) mass is 290 g/mol. The third kappa shape index (κ3) is 3.77. The van der Waals surface area contributed by atoms with Crippen molar-refractivity contribution in [2.24, 2.45) is 5.92 Å². The third-order valence-electron chi connectivity index (χ3n) is 2.63. The zero-order chi connectivity index (χ0) is 14.7. The number of nitrogens with two attached hydrogens (primary N) is 1. The molecule has 0 aliphatic carbocycles. The number of carbonyl (C=O) groups excluding carboxylic acids is 1. The Morgan fingerprint density at radius 2 is 2.10 bits per heavy atom. The molecule has 0 aliphatic heterocycles. The smallest absolute Gasteiger partial charge is 0.257 e. The summed E-state index contributed by atoms with van der Waals surface area (Å²) in [5, 5.41) is 12.3. The van der Waals surface area contributed by atoms with E-state index in [1.54, 1.807) is 12.1 Å². The van der Waals surface area contributed by atoms with E-state index in [9.17, 15) is 4.79 Å². The molecule has 0 fully saturated rings. The topological polar surface area (TPSA) is 80.9 Å². The fraction of sp³-hybridized carbons (Fsp3) is 0.357. The van der Waals surface area contributed by atoms with Gasteiger partial charge in [0, 0.05) is 17.7 Å². The van der Waals surface area contributed by atoms with Gasteiger partial charge in [-0.3, -0.25) is 10.1 Å². The van der Waals surface area contributed by atoms with E-state index in [-0.39, 0.29) is 5.91 Å². The highest BCUT2D eigenvalue weighted by molar-refractivity contribution is 7.15. The van der Waals surface area contributed by atoms with Crippen molar-refractivity contribution in [1.29, 1.82) is 0 Å². The van der Waals surface area contributed by atoms with Crippen LogP contribution in [0.3, 0.4) is 0 Å². The van der Waals surface area contributed by atoms with Gasteiger partial charge in [0.2, 0.25) is 5.13 Å². The molecule has 20 heavy (non-hydrogen) atoms. The number of hydrogen-bond donors (Lipinski definition) is 2. The number of aromatic nitrogens is 2. The number of anilines is 2. The molecule has 0 radical (unpaired) electrons. The number of carbonyl (C=O) groups is 1. The lowest BCUT2D eigenvalue weighted by Crippen LogP contribution is -2.12. The van der Waals surface area contributed by atoms with Crippen molar-refractivity contribution in [2.45, 2.75) is 27.2 Å². The number of nitrogens with zero attached hydrogens (tertiary/aromatic N) is 2. The summed E-state index contributed by atoms with van der Waals surface area (Å²) in [5.41, 5.74) is 7.80. The Hall–Kier alpha value is -1.95. The van der Waals surface area contributed by atoms with Crippen LogP contribution in [-0.2, 0) is 6.42 Å². The first-order chi connectivity index (χ1) is 9.44. The predicted molar refractivity (Wildman–Crippen MR) is 82.0 cm³/mol. The Morgan fingerprint density at radius 1 is 1.35 bits per heavy atom. The molecule has 6 heteroatoms. The van der Waals surface area contributed by atoms with Gasteiger partial charge >= 0.3 is 0 Å². The molecule has 0 unspecified atom stereocenters. The summed E-state index contributed by atoms with van der Waals surface area (Å²) < 4.78 is 0. The van der Waals surface area contributed by atoms with Gasteiger partial charge < -0.3 is 5.73 Å². The minimum atomic E-state index is -0.215. The molecule has 2 aromatic rings. The van der Waals surface area contributed by atoms with Crippen molar-refractivity contribution in [1.82, 2.24) is 10.2 Å². The number of amides is 1. The van der Waals surface area contributed by atoms with Gasteiger partial charge in [-0.1, -0.05) is 25.2 Å². The van der Waals surface area contributed by atoms with E-state index in [2.05, 4.69) is 29.4 Å².